The molecule has 0 radical (unpaired) electrons. The van der Waals surface area contributed by atoms with E-state index >= 15 is 0 Å². The predicted octanol–water partition coefficient (Wildman–Crippen LogP) is 0.440. The summed E-state index contributed by atoms with van der Waals surface area (Å²) in [6.07, 6.45) is 3.82. The maximum absolute atomic E-state index is 5.53. The molecule has 0 fully saturated rings. The maximum atomic E-state index is 5.53. The molecule has 0 saturated heterocycles. The Balaban J connectivity index is 2.19. The van der Waals surface area contributed by atoms with E-state index in [1.807, 2.05) is 12.1 Å². The third-order valence-corrected chi connectivity index (χ3v) is 1.69. The topological polar surface area (TPSA) is 77.6 Å². The van der Waals surface area contributed by atoms with Gasteiger partial charge in [0.2, 0.25) is 0 Å². The van der Waals surface area contributed by atoms with E-state index < -0.39 is 0 Å². The molecule has 70 valence electrons. The van der Waals surface area contributed by atoms with Gasteiger partial charge in [-0.1, -0.05) is 0 Å². The number of hydrogen-bond acceptors (Lipinski definition) is 5. The van der Waals surface area contributed by atoms with Crippen LogP contribution in [0.25, 0.3) is 0 Å². The summed E-state index contributed by atoms with van der Waals surface area (Å²) in [4.78, 5) is 8.14. The van der Waals surface area contributed by atoms with Crippen LogP contribution >= 0.6 is 0 Å². The van der Waals surface area contributed by atoms with Gasteiger partial charge in [-0.15, -0.1) is 0 Å². The van der Waals surface area contributed by atoms with E-state index in [-0.39, 0.29) is 0 Å². The molecule has 14 heavy (non-hydrogen) atoms. The van der Waals surface area contributed by atoms with Crippen LogP contribution < -0.4 is 5.73 Å². The van der Waals surface area contributed by atoms with Gasteiger partial charge in [-0.3, -0.25) is 0 Å². The zero-order chi connectivity index (χ0) is 9.80. The number of hydrogen-bond donors (Lipinski definition) is 1. The Morgan fingerprint density at radius 3 is 2.86 bits per heavy atom. The zero-order valence-electron chi connectivity index (χ0n) is 7.46. The normalized spacial score (nSPS) is 10.0. The second kappa shape index (κ2) is 3.78. The summed E-state index contributed by atoms with van der Waals surface area (Å²) >= 11 is 0. The number of aromatic nitrogens is 4. The second-order valence-corrected chi connectivity index (χ2v) is 2.79. The molecule has 0 aromatic carbocycles. The van der Waals surface area contributed by atoms with Crippen LogP contribution in [-0.2, 0) is 6.42 Å². The van der Waals surface area contributed by atoms with Crippen LogP contribution in [0.3, 0.4) is 0 Å². The third-order valence-electron chi connectivity index (χ3n) is 1.69. The van der Waals surface area contributed by atoms with Gasteiger partial charge in [0.25, 0.3) is 0 Å². The van der Waals surface area contributed by atoms with Crippen LogP contribution in [-0.4, -0.2) is 20.2 Å². The lowest BCUT2D eigenvalue weighted by Crippen LogP contribution is -2.01. The molecule has 0 aliphatic rings. The average molecular weight is 187 g/mol. The first-order chi connectivity index (χ1) is 6.84. The molecule has 0 saturated carbocycles. The van der Waals surface area contributed by atoms with Crippen molar-refractivity contribution in [2.24, 2.45) is 0 Å². The van der Waals surface area contributed by atoms with Crippen LogP contribution in [0.2, 0.25) is 0 Å². The first kappa shape index (κ1) is 8.55. The monoisotopic (exact) mass is 187 g/mol. The van der Waals surface area contributed by atoms with Crippen molar-refractivity contribution in [1.82, 2.24) is 20.2 Å². The zero-order valence-corrected chi connectivity index (χ0v) is 7.46. The Morgan fingerprint density at radius 2 is 2.14 bits per heavy atom. The van der Waals surface area contributed by atoms with Crippen LogP contribution in [0.1, 0.15) is 11.5 Å². The highest BCUT2D eigenvalue weighted by Gasteiger charge is 2.00. The lowest BCUT2D eigenvalue weighted by atomic mass is 10.3. The van der Waals surface area contributed by atoms with E-state index in [1.165, 1.54) is 0 Å². The number of anilines is 1. The second-order valence-electron chi connectivity index (χ2n) is 2.79. The van der Waals surface area contributed by atoms with Crippen molar-refractivity contribution < 1.29 is 0 Å². The summed E-state index contributed by atoms with van der Waals surface area (Å²) < 4.78 is 0. The summed E-state index contributed by atoms with van der Waals surface area (Å²) in [6.45, 7) is 0. The van der Waals surface area contributed by atoms with Gasteiger partial charge in [-0.25, -0.2) is 9.97 Å². The highest BCUT2D eigenvalue weighted by atomic mass is 15.1. The Bertz CT molecular complexity index is 415. The minimum absolute atomic E-state index is 0.471. The SMILES string of the molecule is Nc1ccnc(Cc2cccnn2)n1. The molecule has 0 atom stereocenters. The minimum atomic E-state index is 0.471. The molecule has 2 aromatic heterocycles. The Hall–Kier alpha value is -2.04. The van der Waals surface area contributed by atoms with Gasteiger partial charge in [0.1, 0.15) is 11.6 Å². The molecule has 0 bridgehead atoms. The molecule has 2 N–H and O–H groups in total. The Morgan fingerprint density at radius 1 is 1.21 bits per heavy atom. The van der Waals surface area contributed by atoms with E-state index in [0.717, 1.165) is 5.69 Å². The highest BCUT2D eigenvalue weighted by molar-refractivity contribution is 5.25. The number of nitrogens with zero attached hydrogens (tertiary/aromatic N) is 4. The Labute approximate surface area is 81.0 Å². The molecule has 0 aliphatic heterocycles. The number of nitrogens with two attached hydrogens (primary N) is 1. The van der Waals surface area contributed by atoms with Gasteiger partial charge < -0.3 is 5.73 Å². The van der Waals surface area contributed by atoms with Crippen molar-refractivity contribution in [3.63, 3.8) is 0 Å². The molecule has 0 amide bonds. The standard InChI is InChI=1S/C9H9N5/c10-8-3-5-11-9(13-8)6-7-2-1-4-12-14-7/h1-5H,6H2,(H2,10,11,13). The van der Waals surface area contributed by atoms with Gasteiger partial charge in [0, 0.05) is 12.4 Å². The summed E-state index contributed by atoms with van der Waals surface area (Å²) in [6, 6.07) is 5.36. The highest BCUT2D eigenvalue weighted by Crippen LogP contribution is 2.02. The van der Waals surface area contributed by atoms with E-state index in [9.17, 15) is 0 Å². The fraction of sp³-hybridized carbons (Fsp3) is 0.111. The smallest absolute Gasteiger partial charge is 0.136 e. The fourth-order valence-electron chi connectivity index (χ4n) is 1.09. The van der Waals surface area contributed by atoms with Gasteiger partial charge in [-0.2, -0.15) is 10.2 Å². The molecule has 0 aliphatic carbocycles. The summed E-state index contributed by atoms with van der Waals surface area (Å²) in [7, 11) is 0. The van der Waals surface area contributed by atoms with E-state index in [2.05, 4.69) is 20.2 Å². The van der Waals surface area contributed by atoms with Gasteiger partial charge >= 0.3 is 0 Å². The van der Waals surface area contributed by atoms with Crippen molar-refractivity contribution in [3.05, 3.63) is 42.1 Å². The molecule has 2 rings (SSSR count). The summed E-state index contributed by atoms with van der Waals surface area (Å²) in [5, 5.41) is 7.70. The van der Waals surface area contributed by atoms with E-state index in [4.69, 9.17) is 5.73 Å². The van der Waals surface area contributed by atoms with Gasteiger partial charge in [-0.05, 0) is 18.2 Å². The van der Waals surface area contributed by atoms with Crippen LogP contribution in [0.15, 0.2) is 30.6 Å². The van der Waals surface area contributed by atoms with Crippen LogP contribution in [0.4, 0.5) is 5.82 Å². The fourth-order valence-corrected chi connectivity index (χ4v) is 1.09. The van der Waals surface area contributed by atoms with Crippen molar-refractivity contribution in [1.29, 1.82) is 0 Å². The predicted molar refractivity (Wildman–Crippen MR) is 51.3 cm³/mol. The number of nitrogen functional groups attached to an aromatic ring is 1. The molecule has 5 nitrogen and oxygen atoms in total. The first-order valence-electron chi connectivity index (χ1n) is 4.18. The van der Waals surface area contributed by atoms with Gasteiger partial charge in [0.05, 0.1) is 12.1 Å². The van der Waals surface area contributed by atoms with Crippen LogP contribution in [0, 0.1) is 0 Å². The molecule has 0 unspecified atom stereocenters. The van der Waals surface area contributed by atoms with Crippen molar-refractivity contribution >= 4 is 5.82 Å². The lowest BCUT2D eigenvalue weighted by Gasteiger charge is -1.98. The molecule has 5 heteroatoms. The summed E-state index contributed by atoms with van der Waals surface area (Å²) in [5.41, 5.74) is 6.36. The molecular weight excluding hydrogens is 178 g/mol. The van der Waals surface area contributed by atoms with Crippen LogP contribution in [0.5, 0.6) is 0 Å². The minimum Gasteiger partial charge on any atom is -0.384 e. The number of rotatable bonds is 2. The molecule has 0 spiro atoms. The van der Waals surface area contributed by atoms with Gasteiger partial charge in [0.15, 0.2) is 0 Å². The van der Waals surface area contributed by atoms with E-state index in [0.29, 0.717) is 18.1 Å². The first-order valence-corrected chi connectivity index (χ1v) is 4.18. The average Bonchev–Trinajstić information content (AvgIpc) is 2.19. The largest absolute Gasteiger partial charge is 0.384 e. The maximum Gasteiger partial charge on any atom is 0.136 e. The van der Waals surface area contributed by atoms with Crippen molar-refractivity contribution in [2.75, 3.05) is 5.73 Å². The van der Waals surface area contributed by atoms with E-state index in [1.54, 1.807) is 18.5 Å². The molecular formula is C9H9N5. The van der Waals surface area contributed by atoms with Crippen molar-refractivity contribution in [2.45, 2.75) is 6.42 Å². The third kappa shape index (κ3) is 2.01. The summed E-state index contributed by atoms with van der Waals surface area (Å²) in [5.74, 6) is 1.13. The quantitative estimate of drug-likeness (QED) is 0.738. The molecule has 2 aromatic rings. The Kier molecular flexibility index (Phi) is 2.31. The molecule has 2 heterocycles. The van der Waals surface area contributed by atoms with Crippen molar-refractivity contribution in [3.8, 4) is 0 Å². The lowest BCUT2D eigenvalue weighted by molar-refractivity contribution is 0.886.